The SMILES string of the molecule is O=C(c1ccc(Oc2ccccc2)cc1F)c1c[nH]c2ncnc(NCC3CCCCCN3C(=O)C3CO3)c12. The lowest BCUT2D eigenvalue weighted by atomic mass is 10.0. The maximum Gasteiger partial charge on any atom is 0.254 e. The quantitative estimate of drug-likeness (QED) is 0.251. The van der Waals surface area contributed by atoms with E-state index in [-0.39, 0.29) is 29.2 Å². The summed E-state index contributed by atoms with van der Waals surface area (Å²) in [6.45, 7) is 1.64. The van der Waals surface area contributed by atoms with E-state index in [9.17, 15) is 9.59 Å². The first-order valence-electron chi connectivity index (χ1n) is 13.1. The minimum absolute atomic E-state index is 0.0260. The Kier molecular flexibility index (Phi) is 6.93. The second-order valence-corrected chi connectivity index (χ2v) is 9.77. The van der Waals surface area contributed by atoms with Gasteiger partial charge in [0.05, 0.1) is 23.1 Å². The fourth-order valence-corrected chi connectivity index (χ4v) is 5.06. The Morgan fingerprint density at radius 3 is 2.72 bits per heavy atom. The number of fused-ring (bicyclic) bond motifs is 1. The Morgan fingerprint density at radius 2 is 1.92 bits per heavy atom. The molecule has 0 radical (unpaired) electrons. The number of hydrogen-bond donors (Lipinski definition) is 2. The van der Waals surface area contributed by atoms with Crippen molar-refractivity contribution < 1.29 is 23.5 Å². The van der Waals surface area contributed by atoms with Crippen LogP contribution in [0.4, 0.5) is 10.2 Å². The van der Waals surface area contributed by atoms with E-state index in [2.05, 4.69) is 20.3 Å². The maximum atomic E-state index is 15.1. The Hall–Kier alpha value is -4.31. The highest BCUT2D eigenvalue weighted by atomic mass is 19.1. The van der Waals surface area contributed by atoms with Crippen LogP contribution in [0.1, 0.15) is 41.6 Å². The van der Waals surface area contributed by atoms with E-state index in [0.717, 1.165) is 25.7 Å². The van der Waals surface area contributed by atoms with Gasteiger partial charge in [0.15, 0.2) is 11.9 Å². The molecule has 2 aliphatic rings. The number of anilines is 1. The molecule has 2 atom stereocenters. The van der Waals surface area contributed by atoms with Gasteiger partial charge in [-0.2, -0.15) is 0 Å². The molecule has 1 amide bonds. The number of hydrogen-bond acceptors (Lipinski definition) is 7. The number of halogens is 1. The van der Waals surface area contributed by atoms with Crippen LogP contribution >= 0.6 is 0 Å². The van der Waals surface area contributed by atoms with E-state index in [1.54, 1.807) is 18.2 Å². The summed E-state index contributed by atoms with van der Waals surface area (Å²) in [7, 11) is 0. The third-order valence-corrected chi connectivity index (χ3v) is 7.15. The molecule has 2 aliphatic heterocycles. The minimum Gasteiger partial charge on any atom is -0.457 e. The number of aromatic amines is 1. The Labute approximate surface area is 224 Å². The van der Waals surface area contributed by atoms with E-state index in [0.29, 0.717) is 48.0 Å². The van der Waals surface area contributed by atoms with Crippen LogP contribution in [-0.4, -0.2) is 63.4 Å². The number of H-pyrrole nitrogens is 1. The van der Waals surface area contributed by atoms with Crippen LogP contribution in [0, 0.1) is 5.82 Å². The summed E-state index contributed by atoms with van der Waals surface area (Å²) in [5.74, 6) is 0.152. The normalized spacial score (nSPS) is 18.9. The number of benzene rings is 2. The number of ketones is 1. The van der Waals surface area contributed by atoms with Crippen LogP contribution in [0.3, 0.4) is 0 Å². The molecule has 0 saturated carbocycles. The predicted molar refractivity (Wildman–Crippen MR) is 142 cm³/mol. The molecular formula is C29H28FN5O4. The average molecular weight is 530 g/mol. The molecule has 200 valence electrons. The van der Waals surface area contributed by atoms with Crippen molar-refractivity contribution in [2.45, 2.75) is 37.8 Å². The second-order valence-electron chi connectivity index (χ2n) is 9.77. The van der Waals surface area contributed by atoms with Crippen LogP contribution < -0.4 is 10.1 Å². The third-order valence-electron chi connectivity index (χ3n) is 7.15. The number of likely N-dealkylation sites (tertiary alicyclic amines) is 1. The van der Waals surface area contributed by atoms with Gasteiger partial charge in [-0.25, -0.2) is 14.4 Å². The number of amides is 1. The Morgan fingerprint density at radius 1 is 1.08 bits per heavy atom. The summed E-state index contributed by atoms with van der Waals surface area (Å²) in [4.78, 5) is 39.9. The standard InChI is InChI=1S/C29H28FN5O4/c30-23-13-20(39-19-8-4-1-5-9-19)10-11-21(23)26(36)22-15-32-28-25(22)27(33-17-34-28)31-14-18-7-3-2-6-12-35(18)29(37)24-16-38-24/h1,4-5,8-11,13,15,17-18,24H,2-3,6-7,12,14,16H2,(H2,31,32,33,34). The van der Waals surface area contributed by atoms with Gasteiger partial charge in [0, 0.05) is 31.4 Å². The summed E-state index contributed by atoms with van der Waals surface area (Å²) < 4.78 is 26.0. The van der Waals surface area contributed by atoms with Crippen LogP contribution in [0.15, 0.2) is 61.1 Å². The van der Waals surface area contributed by atoms with Gasteiger partial charge >= 0.3 is 0 Å². The molecule has 2 N–H and O–H groups in total. The number of nitrogens with one attached hydrogen (secondary N) is 2. The van der Waals surface area contributed by atoms with Crippen molar-refractivity contribution in [1.82, 2.24) is 19.9 Å². The molecule has 2 aromatic carbocycles. The molecule has 2 unspecified atom stereocenters. The fraction of sp³-hybridized carbons (Fsp3) is 0.310. The predicted octanol–water partition coefficient (Wildman–Crippen LogP) is 4.70. The molecule has 4 aromatic rings. The van der Waals surface area contributed by atoms with Crippen molar-refractivity contribution in [3.63, 3.8) is 0 Å². The van der Waals surface area contributed by atoms with E-state index in [1.165, 1.54) is 24.7 Å². The van der Waals surface area contributed by atoms with Gasteiger partial charge in [-0.15, -0.1) is 0 Å². The summed E-state index contributed by atoms with van der Waals surface area (Å²) in [5, 5.41) is 3.82. The van der Waals surface area contributed by atoms with Gasteiger partial charge in [-0.1, -0.05) is 31.0 Å². The lowest BCUT2D eigenvalue weighted by Crippen LogP contribution is -2.45. The van der Waals surface area contributed by atoms with Crippen molar-refractivity contribution >= 4 is 28.5 Å². The number of rotatable bonds is 8. The van der Waals surface area contributed by atoms with Crippen molar-refractivity contribution in [3.05, 3.63) is 78.0 Å². The van der Waals surface area contributed by atoms with Gasteiger partial charge in [0.1, 0.15) is 35.1 Å². The second kappa shape index (κ2) is 10.8. The number of nitrogens with zero attached hydrogens (tertiary/aromatic N) is 3. The van der Waals surface area contributed by atoms with Gasteiger partial charge in [-0.3, -0.25) is 9.59 Å². The largest absolute Gasteiger partial charge is 0.457 e. The van der Waals surface area contributed by atoms with E-state index >= 15 is 4.39 Å². The highest BCUT2D eigenvalue weighted by Gasteiger charge is 2.38. The van der Waals surface area contributed by atoms with Crippen molar-refractivity contribution in [2.75, 3.05) is 25.0 Å². The molecule has 9 nitrogen and oxygen atoms in total. The monoisotopic (exact) mass is 529 g/mol. The van der Waals surface area contributed by atoms with Crippen molar-refractivity contribution in [2.24, 2.45) is 0 Å². The summed E-state index contributed by atoms with van der Waals surface area (Å²) in [5.41, 5.74) is 0.625. The summed E-state index contributed by atoms with van der Waals surface area (Å²) >= 11 is 0. The first kappa shape index (κ1) is 25.0. The number of carbonyl (C=O) groups is 2. The highest BCUT2D eigenvalue weighted by Crippen LogP contribution is 2.29. The molecule has 2 fully saturated rings. The first-order chi connectivity index (χ1) is 19.1. The molecular weight excluding hydrogens is 501 g/mol. The number of aromatic nitrogens is 3. The number of para-hydroxylation sites is 1. The minimum atomic E-state index is -0.691. The van der Waals surface area contributed by atoms with Crippen molar-refractivity contribution in [3.8, 4) is 11.5 Å². The van der Waals surface area contributed by atoms with Crippen LogP contribution in [0.5, 0.6) is 11.5 Å². The highest BCUT2D eigenvalue weighted by molar-refractivity contribution is 6.18. The summed E-state index contributed by atoms with van der Waals surface area (Å²) in [6, 6.07) is 13.2. The lowest BCUT2D eigenvalue weighted by Gasteiger charge is -2.30. The van der Waals surface area contributed by atoms with E-state index in [1.807, 2.05) is 23.1 Å². The van der Waals surface area contributed by atoms with Crippen LogP contribution in [-0.2, 0) is 9.53 Å². The van der Waals surface area contributed by atoms with Gasteiger partial charge in [0.25, 0.3) is 5.91 Å². The molecule has 2 aromatic heterocycles. The molecule has 4 heterocycles. The molecule has 6 rings (SSSR count). The zero-order chi connectivity index (χ0) is 26.8. The van der Waals surface area contributed by atoms with Crippen LogP contribution in [0.2, 0.25) is 0 Å². The topological polar surface area (TPSA) is 113 Å². The average Bonchev–Trinajstić information content (AvgIpc) is 3.75. The zero-order valence-electron chi connectivity index (χ0n) is 21.2. The zero-order valence-corrected chi connectivity index (χ0v) is 21.2. The van der Waals surface area contributed by atoms with E-state index in [4.69, 9.17) is 9.47 Å². The molecule has 2 saturated heterocycles. The van der Waals surface area contributed by atoms with Gasteiger partial charge in [0.2, 0.25) is 0 Å². The third kappa shape index (κ3) is 5.33. The van der Waals surface area contributed by atoms with Gasteiger partial charge < -0.3 is 24.7 Å². The van der Waals surface area contributed by atoms with Gasteiger partial charge in [-0.05, 0) is 37.1 Å². The molecule has 39 heavy (non-hydrogen) atoms. The smallest absolute Gasteiger partial charge is 0.254 e. The van der Waals surface area contributed by atoms with Crippen LogP contribution in [0.25, 0.3) is 11.0 Å². The molecule has 0 aliphatic carbocycles. The van der Waals surface area contributed by atoms with E-state index < -0.39 is 11.6 Å². The Balaban J connectivity index is 1.23. The Bertz CT molecular complexity index is 1500. The number of ether oxygens (including phenoxy) is 2. The molecule has 10 heteroatoms. The fourth-order valence-electron chi connectivity index (χ4n) is 5.06. The van der Waals surface area contributed by atoms with Crippen molar-refractivity contribution in [1.29, 1.82) is 0 Å². The number of carbonyl (C=O) groups excluding carboxylic acids is 2. The first-order valence-corrected chi connectivity index (χ1v) is 13.1. The maximum absolute atomic E-state index is 15.1. The summed E-state index contributed by atoms with van der Waals surface area (Å²) in [6.07, 6.45) is 6.51. The molecule has 0 bridgehead atoms. The number of epoxide rings is 1. The lowest BCUT2D eigenvalue weighted by molar-refractivity contribution is -0.134. The molecule has 0 spiro atoms.